The van der Waals surface area contributed by atoms with Crippen molar-refractivity contribution < 1.29 is 29.1 Å². The molecular formula is C41H61N7O6. The van der Waals surface area contributed by atoms with Crippen molar-refractivity contribution in [3.8, 4) is 0 Å². The number of hydrogen-bond donors (Lipinski definition) is 6. The van der Waals surface area contributed by atoms with E-state index >= 15 is 0 Å². The van der Waals surface area contributed by atoms with E-state index in [1.807, 2.05) is 81.6 Å². The summed E-state index contributed by atoms with van der Waals surface area (Å²) in [6.45, 7) is 6.40. The highest BCUT2D eigenvalue weighted by atomic mass is 16.4. The average molecular weight is 748 g/mol. The molecule has 2 aromatic carbocycles. The van der Waals surface area contributed by atoms with Crippen LogP contribution in [0.2, 0.25) is 0 Å². The van der Waals surface area contributed by atoms with Gasteiger partial charge in [-0.15, -0.1) is 0 Å². The minimum atomic E-state index is -0.999. The van der Waals surface area contributed by atoms with E-state index in [4.69, 9.17) is 5.73 Å². The predicted molar refractivity (Wildman–Crippen MR) is 208 cm³/mol. The summed E-state index contributed by atoms with van der Waals surface area (Å²) in [5.41, 5.74) is 8.02. The van der Waals surface area contributed by atoms with Gasteiger partial charge in [0, 0.05) is 25.6 Å². The Kier molecular flexibility index (Phi) is 16.9. The maximum absolute atomic E-state index is 14.1. The van der Waals surface area contributed by atoms with Gasteiger partial charge in [0.1, 0.15) is 24.2 Å². The molecule has 4 amide bonds. The first-order valence-corrected chi connectivity index (χ1v) is 19.6. The Morgan fingerprint density at radius 3 is 1.93 bits per heavy atom. The Morgan fingerprint density at radius 1 is 0.759 bits per heavy atom. The molecule has 0 bridgehead atoms. The summed E-state index contributed by atoms with van der Waals surface area (Å²) >= 11 is 0. The SMILES string of the molecule is CNCCCC[C@@H](NC(=O)[C@@H](CC(C)C)NC(=O)[C@@H](Cc1ccccc1)NC(=O)[C@H](N)Cc1ccccc1)C(=O)N1CCC(N2CCC[C@H]2C(=O)O)CC1. The van der Waals surface area contributed by atoms with Crippen molar-refractivity contribution in [1.82, 2.24) is 31.1 Å². The van der Waals surface area contributed by atoms with Gasteiger partial charge in [0.15, 0.2) is 0 Å². The van der Waals surface area contributed by atoms with Crippen LogP contribution in [0.3, 0.4) is 0 Å². The van der Waals surface area contributed by atoms with Gasteiger partial charge in [0.25, 0.3) is 0 Å². The van der Waals surface area contributed by atoms with E-state index in [2.05, 4.69) is 26.2 Å². The number of likely N-dealkylation sites (tertiary alicyclic amines) is 2. The van der Waals surface area contributed by atoms with Crippen molar-refractivity contribution >= 4 is 29.6 Å². The minimum absolute atomic E-state index is 0.0338. The summed E-state index contributed by atoms with van der Waals surface area (Å²) in [5.74, 6) is -2.37. The van der Waals surface area contributed by atoms with E-state index in [0.29, 0.717) is 58.0 Å². The number of carbonyl (C=O) groups excluding carboxylic acids is 4. The van der Waals surface area contributed by atoms with Crippen molar-refractivity contribution in [2.75, 3.05) is 33.2 Å². The second-order valence-corrected chi connectivity index (χ2v) is 15.2. The molecule has 0 aliphatic carbocycles. The molecule has 7 N–H and O–H groups in total. The summed E-state index contributed by atoms with van der Waals surface area (Å²) in [6, 6.07) is 14.8. The summed E-state index contributed by atoms with van der Waals surface area (Å²) in [4.78, 5) is 71.1. The number of carboxylic acid groups (broad SMARTS) is 1. The number of amides is 4. The third-order valence-electron chi connectivity index (χ3n) is 10.5. The van der Waals surface area contributed by atoms with E-state index in [0.717, 1.165) is 37.1 Å². The molecule has 0 aromatic heterocycles. The molecule has 2 heterocycles. The van der Waals surface area contributed by atoms with Crippen LogP contribution in [0.1, 0.15) is 76.3 Å². The molecule has 13 heteroatoms. The lowest BCUT2D eigenvalue weighted by Gasteiger charge is -2.39. The zero-order chi connectivity index (χ0) is 39.0. The van der Waals surface area contributed by atoms with Gasteiger partial charge in [0.05, 0.1) is 6.04 Å². The number of piperidine rings is 1. The first kappa shape index (κ1) is 42.4. The van der Waals surface area contributed by atoms with Crippen LogP contribution in [0.4, 0.5) is 0 Å². The Bertz CT molecular complexity index is 1500. The topological polar surface area (TPSA) is 186 Å². The number of unbranched alkanes of at least 4 members (excludes halogenated alkanes) is 1. The van der Waals surface area contributed by atoms with E-state index in [1.165, 1.54) is 0 Å². The Hall–Kier alpha value is -4.33. The zero-order valence-electron chi connectivity index (χ0n) is 32.2. The second-order valence-electron chi connectivity index (χ2n) is 15.2. The minimum Gasteiger partial charge on any atom is -0.480 e. The van der Waals surface area contributed by atoms with Crippen LogP contribution in [0, 0.1) is 5.92 Å². The van der Waals surface area contributed by atoms with Crippen molar-refractivity contribution in [3.05, 3.63) is 71.8 Å². The fourth-order valence-electron chi connectivity index (χ4n) is 7.58. The molecular weight excluding hydrogens is 686 g/mol. The summed E-state index contributed by atoms with van der Waals surface area (Å²) in [7, 11) is 1.87. The number of nitrogens with zero attached hydrogens (tertiary/aromatic N) is 2. The number of rotatable bonds is 20. The fraction of sp³-hybridized carbons (Fsp3) is 0.585. The van der Waals surface area contributed by atoms with Gasteiger partial charge in [-0.1, -0.05) is 74.5 Å². The molecule has 2 aliphatic heterocycles. The lowest BCUT2D eigenvalue weighted by molar-refractivity contribution is -0.144. The largest absolute Gasteiger partial charge is 0.480 e. The molecule has 13 nitrogen and oxygen atoms in total. The number of nitrogens with one attached hydrogen (secondary N) is 4. The van der Waals surface area contributed by atoms with E-state index in [1.54, 1.807) is 4.90 Å². The molecule has 2 aromatic rings. The maximum atomic E-state index is 14.1. The monoisotopic (exact) mass is 747 g/mol. The molecule has 4 rings (SSSR count). The molecule has 0 spiro atoms. The first-order valence-electron chi connectivity index (χ1n) is 19.6. The summed E-state index contributed by atoms with van der Waals surface area (Å²) < 4.78 is 0. The normalized spacial score (nSPS) is 18.8. The molecule has 2 fully saturated rings. The Balaban J connectivity index is 1.45. The van der Waals surface area contributed by atoms with E-state index < -0.39 is 53.9 Å². The van der Waals surface area contributed by atoms with Gasteiger partial charge in [0.2, 0.25) is 23.6 Å². The van der Waals surface area contributed by atoms with Crippen LogP contribution in [0.15, 0.2) is 60.7 Å². The van der Waals surface area contributed by atoms with E-state index in [-0.39, 0.29) is 24.3 Å². The van der Waals surface area contributed by atoms with Gasteiger partial charge in [-0.2, -0.15) is 0 Å². The number of carbonyl (C=O) groups is 5. The van der Waals surface area contributed by atoms with Crippen LogP contribution in [0.5, 0.6) is 0 Å². The predicted octanol–water partition coefficient (Wildman–Crippen LogP) is 2.23. The lowest BCUT2D eigenvalue weighted by Crippen LogP contribution is -2.59. The zero-order valence-corrected chi connectivity index (χ0v) is 32.2. The van der Waals surface area contributed by atoms with Gasteiger partial charge in [-0.05, 0) is 95.0 Å². The number of benzene rings is 2. The van der Waals surface area contributed by atoms with E-state index in [9.17, 15) is 29.1 Å². The quantitative estimate of drug-likeness (QED) is 0.111. The van der Waals surface area contributed by atoms with Gasteiger partial charge in [-0.3, -0.25) is 28.9 Å². The average Bonchev–Trinajstić information content (AvgIpc) is 3.67. The van der Waals surface area contributed by atoms with Crippen LogP contribution < -0.4 is 27.0 Å². The number of hydrogen-bond acceptors (Lipinski definition) is 8. The molecule has 2 aliphatic rings. The lowest BCUT2D eigenvalue weighted by atomic mass is 9.98. The number of nitrogens with two attached hydrogens (primary N) is 1. The van der Waals surface area contributed by atoms with Crippen molar-refractivity contribution in [3.63, 3.8) is 0 Å². The van der Waals surface area contributed by atoms with Crippen molar-refractivity contribution in [1.29, 1.82) is 0 Å². The first-order chi connectivity index (χ1) is 26.0. The fourth-order valence-corrected chi connectivity index (χ4v) is 7.58. The second kappa shape index (κ2) is 21.5. The smallest absolute Gasteiger partial charge is 0.320 e. The molecule has 54 heavy (non-hydrogen) atoms. The molecule has 0 radical (unpaired) electrons. The van der Waals surface area contributed by atoms with Crippen LogP contribution >= 0.6 is 0 Å². The molecule has 2 saturated heterocycles. The molecule has 5 atom stereocenters. The number of aliphatic carboxylic acids is 1. The van der Waals surface area contributed by atoms with Crippen LogP contribution in [0.25, 0.3) is 0 Å². The summed E-state index contributed by atoms with van der Waals surface area (Å²) in [5, 5.41) is 21.6. The van der Waals surface area contributed by atoms with Crippen molar-refractivity contribution in [2.24, 2.45) is 11.7 Å². The highest BCUT2D eigenvalue weighted by Crippen LogP contribution is 2.27. The molecule has 0 saturated carbocycles. The summed E-state index contributed by atoms with van der Waals surface area (Å²) in [6.07, 6.45) is 5.62. The number of carboxylic acids is 1. The third-order valence-corrected chi connectivity index (χ3v) is 10.5. The standard InChI is InChI=1S/C41H61N7O6/c1-28(2)25-34(46-39(51)35(27-30-15-8-5-9-16-30)45-37(49)32(42)26-29-13-6-4-7-14-29)38(50)44-33(17-10-11-21-43-3)40(52)47-23-19-31(20-24-47)48-22-12-18-36(48)41(53)54/h4-9,13-16,28,31-36,43H,10-12,17-27,42H2,1-3H3,(H,44,50)(H,45,49)(H,46,51)(H,53,54)/t32-,33-,34-,35-,36+/m1/s1. The van der Waals surface area contributed by atoms with Gasteiger partial charge < -0.3 is 37.0 Å². The van der Waals surface area contributed by atoms with Gasteiger partial charge >= 0.3 is 5.97 Å². The molecule has 0 unspecified atom stereocenters. The highest BCUT2D eigenvalue weighted by Gasteiger charge is 2.39. The van der Waals surface area contributed by atoms with Crippen molar-refractivity contribution in [2.45, 2.75) is 114 Å². The molecule has 296 valence electrons. The highest BCUT2D eigenvalue weighted by molar-refractivity contribution is 5.95. The third kappa shape index (κ3) is 12.9. The Labute approximate surface area is 320 Å². The van der Waals surface area contributed by atoms with Crippen LogP contribution in [-0.4, -0.2) is 114 Å². The maximum Gasteiger partial charge on any atom is 0.320 e. The van der Waals surface area contributed by atoms with Crippen LogP contribution in [-0.2, 0) is 36.8 Å². The van der Waals surface area contributed by atoms with Gasteiger partial charge in [-0.25, -0.2) is 0 Å². The Morgan fingerprint density at radius 2 is 1.33 bits per heavy atom.